The second kappa shape index (κ2) is 5.87. The number of carboxylic acids is 1. The van der Waals surface area contributed by atoms with Crippen LogP contribution in [0.4, 0.5) is 5.69 Å². The lowest BCUT2D eigenvalue weighted by Crippen LogP contribution is -2.04. The van der Waals surface area contributed by atoms with E-state index in [1.165, 1.54) is 6.20 Å². The maximum Gasteiger partial charge on any atom is 0.307 e. The van der Waals surface area contributed by atoms with E-state index in [1.54, 1.807) is 18.2 Å². The molecular formula is C13H9Cl3N2O2. The number of carboxylic acid groups (broad SMARTS) is 1. The molecule has 1 heterocycles. The van der Waals surface area contributed by atoms with Gasteiger partial charge >= 0.3 is 5.97 Å². The average Bonchev–Trinajstić information content (AvgIpc) is 2.39. The van der Waals surface area contributed by atoms with E-state index in [0.717, 1.165) is 0 Å². The van der Waals surface area contributed by atoms with Gasteiger partial charge in [-0.05, 0) is 23.8 Å². The van der Waals surface area contributed by atoms with Crippen LogP contribution in [0.15, 0.2) is 24.4 Å². The summed E-state index contributed by atoms with van der Waals surface area (Å²) in [4.78, 5) is 14.9. The fraction of sp³-hybridized carbons (Fsp3) is 0.0769. The largest absolute Gasteiger partial charge is 0.481 e. The molecule has 4 nitrogen and oxygen atoms in total. The van der Waals surface area contributed by atoms with Crippen LogP contribution in [0.2, 0.25) is 15.1 Å². The summed E-state index contributed by atoms with van der Waals surface area (Å²) < 4.78 is 0. The monoisotopic (exact) mass is 330 g/mol. The van der Waals surface area contributed by atoms with Gasteiger partial charge in [-0.3, -0.25) is 9.78 Å². The van der Waals surface area contributed by atoms with E-state index < -0.39 is 5.97 Å². The molecule has 0 atom stereocenters. The number of nitrogens with two attached hydrogens (primary N) is 1. The average molecular weight is 332 g/mol. The van der Waals surface area contributed by atoms with Crippen molar-refractivity contribution in [3.8, 4) is 11.3 Å². The Balaban J connectivity index is 2.54. The molecule has 20 heavy (non-hydrogen) atoms. The zero-order valence-corrected chi connectivity index (χ0v) is 12.3. The molecule has 104 valence electrons. The number of rotatable bonds is 3. The fourth-order valence-electron chi connectivity index (χ4n) is 1.69. The predicted molar refractivity (Wildman–Crippen MR) is 80.5 cm³/mol. The smallest absolute Gasteiger partial charge is 0.307 e. The Hall–Kier alpha value is -1.49. The number of carbonyl (C=O) groups is 1. The van der Waals surface area contributed by atoms with Crippen molar-refractivity contribution in [3.05, 3.63) is 45.0 Å². The van der Waals surface area contributed by atoms with Gasteiger partial charge in [0.15, 0.2) is 0 Å². The second-order valence-corrected chi connectivity index (χ2v) is 5.22. The van der Waals surface area contributed by atoms with Gasteiger partial charge in [0.2, 0.25) is 0 Å². The SMILES string of the molecule is Nc1cnc(-c2ccc(Cl)c(Cl)c2Cl)cc1CC(=O)O. The van der Waals surface area contributed by atoms with Crippen LogP contribution in [-0.4, -0.2) is 16.1 Å². The third kappa shape index (κ3) is 2.98. The van der Waals surface area contributed by atoms with E-state index in [4.69, 9.17) is 45.6 Å². The highest BCUT2D eigenvalue weighted by Crippen LogP contribution is 2.37. The van der Waals surface area contributed by atoms with Crippen molar-refractivity contribution in [2.45, 2.75) is 6.42 Å². The van der Waals surface area contributed by atoms with E-state index in [0.29, 0.717) is 27.5 Å². The van der Waals surface area contributed by atoms with Crippen LogP contribution in [-0.2, 0) is 11.2 Å². The van der Waals surface area contributed by atoms with Crippen LogP contribution in [0.1, 0.15) is 5.56 Å². The molecule has 7 heteroatoms. The van der Waals surface area contributed by atoms with Crippen LogP contribution in [0.5, 0.6) is 0 Å². The minimum absolute atomic E-state index is 0.194. The molecule has 0 unspecified atom stereocenters. The summed E-state index contributed by atoms with van der Waals surface area (Å²) in [6, 6.07) is 4.84. The van der Waals surface area contributed by atoms with Gasteiger partial charge in [0.05, 0.1) is 39.1 Å². The number of nitrogens with zero attached hydrogens (tertiary/aromatic N) is 1. The van der Waals surface area contributed by atoms with Gasteiger partial charge in [-0.2, -0.15) is 0 Å². The number of pyridine rings is 1. The highest BCUT2D eigenvalue weighted by molar-refractivity contribution is 6.49. The maximum absolute atomic E-state index is 10.8. The first kappa shape index (κ1) is 14.9. The Bertz CT molecular complexity index is 690. The molecule has 0 amide bonds. The molecule has 0 bridgehead atoms. The number of hydrogen-bond acceptors (Lipinski definition) is 3. The quantitative estimate of drug-likeness (QED) is 0.836. The molecule has 0 radical (unpaired) electrons. The summed E-state index contributed by atoms with van der Waals surface area (Å²) >= 11 is 18.0. The van der Waals surface area contributed by atoms with Crippen molar-refractivity contribution >= 4 is 46.5 Å². The molecule has 2 aromatic rings. The molecule has 0 aliphatic carbocycles. The van der Waals surface area contributed by atoms with Crippen molar-refractivity contribution in [3.63, 3.8) is 0 Å². The maximum atomic E-state index is 10.8. The third-order valence-corrected chi connectivity index (χ3v) is 3.97. The Morgan fingerprint density at radius 1 is 1.25 bits per heavy atom. The standard InChI is InChI=1S/C13H9Cl3N2O2/c14-8-2-1-7(12(15)13(8)16)10-3-6(4-11(19)20)9(17)5-18-10/h1-3,5H,4,17H2,(H,19,20). The van der Waals surface area contributed by atoms with Gasteiger partial charge in [0, 0.05) is 5.56 Å². The first-order valence-corrected chi connectivity index (χ1v) is 6.63. The van der Waals surface area contributed by atoms with Gasteiger partial charge in [-0.25, -0.2) is 0 Å². The Morgan fingerprint density at radius 2 is 1.95 bits per heavy atom. The first-order chi connectivity index (χ1) is 9.40. The summed E-state index contributed by atoms with van der Waals surface area (Å²) in [6.07, 6.45) is 1.20. The lowest BCUT2D eigenvalue weighted by Gasteiger charge is -2.09. The van der Waals surface area contributed by atoms with Crippen LogP contribution in [0, 0.1) is 0 Å². The van der Waals surface area contributed by atoms with Crippen molar-refractivity contribution in [2.75, 3.05) is 5.73 Å². The van der Waals surface area contributed by atoms with Crippen molar-refractivity contribution in [2.24, 2.45) is 0 Å². The molecule has 1 aromatic heterocycles. The first-order valence-electron chi connectivity index (χ1n) is 5.50. The lowest BCUT2D eigenvalue weighted by molar-refractivity contribution is -0.136. The second-order valence-electron chi connectivity index (χ2n) is 4.06. The number of hydrogen-bond donors (Lipinski definition) is 2. The van der Waals surface area contributed by atoms with Crippen molar-refractivity contribution in [1.29, 1.82) is 0 Å². The molecule has 0 fully saturated rings. The van der Waals surface area contributed by atoms with Gasteiger partial charge in [0.1, 0.15) is 0 Å². The molecule has 0 saturated carbocycles. The fourth-order valence-corrected chi connectivity index (χ4v) is 2.33. The van der Waals surface area contributed by atoms with E-state index in [1.807, 2.05) is 0 Å². The number of halogens is 3. The van der Waals surface area contributed by atoms with Crippen molar-refractivity contribution in [1.82, 2.24) is 4.98 Å². The number of aromatic nitrogens is 1. The summed E-state index contributed by atoms with van der Waals surface area (Å²) in [7, 11) is 0. The van der Waals surface area contributed by atoms with Crippen LogP contribution < -0.4 is 5.73 Å². The lowest BCUT2D eigenvalue weighted by atomic mass is 10.1. The van der Waals surface area contributed by atoms with E-state index >= 15 is 0 Å². The molecular weight excluding hydrogens is 323 g/mol. The Labute approximate surface area is 130 Å². The molecule has 1 aromatic carbocycles. The Morgan fingerprint density at radius 3 is 2.60 bits per heavy atom. The summed E-state index contributed by atoms with van der Waals surface area (Å²) in [5.41, 5.74) is 7.52. The molecule has 2 rings (SSSR count). The van der Waals surface area contributed by atoms with E-state index in [2.05, 4.69) is 4.98 Å². The topological polar surface area (TPSA) is 76.2 Å². The number of anilines is 1. The number of nitrogen functional groups attached to an aromatic ring is 1. The van der Waals surface area contributed by atoms with E-state index in [-0.39, 0.29) is 16.5 Å². The minimum Gasteiger partial charge on any atom is -0.481 e. The highest BCUT2D eigenvalue weighted by Gasteiger charge is 2.14. The van der Waals surface area contributed by atoms with Crippen LogP contribution in [0.3, 0.4) is 0 Å². The highest BCUT2D eigenvalue weighted by atomic mass is 35.5. The molecule has 0 aliphatic rings. The molecule has 0 saturated heterocycles. The molecule has 0 aliphatic heterocycles. The number of aliphatic carboxylic acids is 1. The molecule has 3 N–H and O–H groups in total. The summed E-state index contributed by atoms with van der Waals surface area (Å²) in [5.74, 6) is -0.978. The Kier molecular flexibility index (Phi) is 4.38. The zero-order valence-electron chi connectivity index (χ0n) is 10.0. The predicted octanol–water partition coefficient (Wildman–Crippen LogP) is 3.92. The summed E-state index contributed by atoms with van der Waals surface area (Å²) in [6.45, 7) is 0. The van der Waals surface area contributed by atoms with Gasteiger partial charge in [-0.1, -0.05) is 34.8 Å². The van der Waals surface area contributed by atoms with Gasteiger partial charge in [-0.15, -0.1) is 0 Å². The minimum atomic E-state index is -0.978. The molecule has 0 spiro atoms. The normalized spacial score (nSPS) is 10.6. The van der Waals surface area contributed by atoms with Gasteiger partial charge in [0.25, 0.3) is 0 Å². The van der Waals surface area contributed by atoms with Crippen LogP contribution >= 0.6 is 34.8 Å². The zero-order chi connectivity index (χ0) is 14.9. The van der Waals surface area contributed by atoms with Gasteiger partial charge < -0.3 is 10.8 Å². The van der Waals surface area contributed by atoms with Crippen LogP contribution in [0.25, 0.3) is 11.3 Å². The van der Waals surface area contributed by atoms with Crippen molar-refractivity contribution < 1.29 is 9.90 Å². The summed E-state index contributed by atoms with van der Waals surface area (Å²) in [5, 5.41) is 9.67. The van der Waals surface area contributed by atoms with E-state index in [9.17, 15) is 4.79 Å². The number of benzene rings is 1. The third-order valence-electron chi connectivity index (χ3n) is 2.68.